The van der Waals surface area contributed by atoms with Crippen molar-refractivity contribution in [3.63, 3.8) is 0 Å². The molecular weight excluding hydrogens is 212 g/mol. The maximum absolute atomic E-state index is 11.2. The minimum atomic E-state index is -0.122. The molecule has 0 radical (unpaired) electrons. The van der Waals surface area contributed by atoms with Crippen LogP contribution in [0.2, 0.25) is 0 Å². The van der Waals surface area contributed by atoms with Gasteiger partial charge in [0.25, 0.3) is 0 Å². The number of aryl methyl sites for hydroxylation is 1. The molecule has 1 aromatic carbocycles. The van der Waals surface area contributed by atoms with Gasteiger partial charge in [-0.3, -0.25) is 4.79 Å². The smallest absolute Gasteiger partial charge is 0.305 e. The van der Waals surface area contributed by atoms with Crippen LogP contribution in [0, 0.1) is 12.8 Å². The van der Waals surface area contributed by atoms with Crippen molar-refractivity contribution in [3.05, 3.63) is 35.4 Å². The number of methoxy groups -OCH3 is 1. The molecule has 0 aliphatic heterocycles. The molecule has 2 heteroatoms. The van der Waals surface area contributed by atoms with Crippen molar-refractivity contribution >= 4 is 5.97 Å². The van der Waals surface area contributed by atoms with E-state index in [0.29, 0.717) is 18.3 Å². The Morgan fingerprint density at radius 2 is 1.82 bits per heavy atom. The molecule has 0 saturated carbocycles. The van der Waals surface area contributed by atoms with Crippen molar-refractivity contribution in [3.8, 4) is 0 Å². The summed E-state index contributed by atoms with van der Waals surface area (Å²) in [5, 5.41) is 0. The Balaban J connectivity index is 2.72. The summed E-state index contributed by atoms with van der Waals surface area (Å²) in [6.45, 7) is 6.48. The van der Waals surface area contributed by atoms with E-state index in [9.17, 15) is 4.79 Å². The van der Waals surface area contributed by atoms with Crippen molar-refractivity contribution in [2.45, 2.75) is 39.5 Å². The van der Waals surface area contributed by atoms with Crippen LogP contribution >= 0.6 is 0 Å². The molecule has 0 aliphatic carbocycles. The predicted molar refractivity (Wildman–Crippen MR) is 70.0 cm³/mol. The van der Waals surface area contributed by atoms with Crippen molar-refractivity contribution in [2.75, 3.05) is 7.11 Å². The molecule has 0 spiro atoms. The van der Waals surface area contributed by atoms with E-state index in [1.54, 1.807) is 0 Å². The number of hydrogen-bond acceptors (Lipinski definition) is 2. The Morgan fingerprint density at radius 1 is 1.24 bits per heavy atom. The van der Waals surface area contributed by atoms with Crippen LogP contribution < -0.4 is 0 Å². The first kappa shape index (κ1) is 13.8. The molecule has 1 atom stereocenters. The van der Waals surface area contributed by atoms with Gasteiger partial charge in [-0.25, -0.2) is 0 Å². The van der Waals surface area contributed by atoms with Gasteiger partial charge in [-0.1, -0.05) is 43.7 Å². The van der Waals surface area contributed by atoms with Crippen molar-refractivity contribution < 1.29 is 9.53 Å². The van der Waals surface area contributed by atoms with E-state index in [2.05, 4.69) is 45.0 Å². The van der Waals surface area contributed by atoms with E-state index >= 15 is 0 Å². The molecule has 0 heterocycles. The molecule has 0 amide bonds. The summed E-state index contributed by atoms with van der Waals surface area (Å²) in [4.78, 5) is 11.2. The molecule has 0 aliphatic rings. The number of esters is 1. The first-order chi connectivity index (χ1) is 8.04. The Kier molecular flexibility index (Phi) is 5.20. The Labute approximate surface area is 104 Å². The van der Waals surface area contributed by atoms with Gasteiger partial charge in [-0.15, -0.1) is 0 Å². The summed E-state index contributed by atoms with van der Waals surface area (Å²) in [5.41, 5.74) is 2.58. The van der Waals surface area contributed by atoms with Crippen LogP contribution in [0.15, 0.2) is 24.3 Å². The quantitative estimate of drug-likeness (QED) is 0.726. The molecule has 0 fully saturated rings. The minimum Gasteiger partial charge on any atom is -0.469 e. The summed E-state index contributed by atoms with van der Waals surface area (Å²) in [6, 6.07) is 8.58. The second kappa shape index (κ2) is 6.43. The van der Waals surface area contributed by atoms with Gasteiger partial charge in [0.2, 0.25) is 0 Å². The highest BCUT2D eigenvalue weighted by Crippen LogP contribution is 2.29. The monoisotopic (exact) mass is 234 g/mol. The van der Waals surface area contributed by atoms with Gasteiger partial charge < -0.3 is 4.74 Å². The van der Waals surface area contributed by atoms with Gasteiger partial charge >= 0.3 is 5.97 Å². The third-order valence-corrected chi connectivity index (χ3v) is 3.20. The first-order valence-corrected chi connectivity index (χ1v) is 6.18. The molecule has 0 aromatic heterocycles. The molecule has 1 rings (SSSR count). The van der Waals surface area contributed by atoms with Crippen molar-refractivity contribution in [1.29, 1.82) is 0 Å². The lowest BCUT2D eigenvalue weighted by molar-refractivity contribution is -0.140. The van der Waals surface area contributed by atoms with Crippen LogP contribution in [0.1, 0.15) is 43.7 Å². The fraction of sp³-hybridized carbons (Fsp3) is 0.533. The topological polar surface area (TPSA) is 26.3 Å². The van der Waals surface area contributed by atoms with Gasteiger partial charge in [-0.05, 0) is 30.7 Å². The van der Waals surface area contributed by atoms with E-state index < -0.39 is 0 Å². The average molecular weight is 234 g/mol. The Hall–Kier alpha value is -1.31. The predicted octanol–water partition coefficient (Wildman–Crippen LogP) is 3.69. The number of rotatable bonds is 5. The summed E-state index contributed by atoms with van der Waals surface area (Å²) < 4.78 is 4.70. The highest BCUT2D eigenvalue weighted by molar-refractivity contribution is 5.69. The van der Waals surface area contributed by atoms with Gasteiger partial charge in [-0.2, -0.15) is 0 Å². The second-order valence-electron chi connectivity index (χ2n) is 4.88. The number of benzene rings is 1. The number of hydrogen-bond donors (Lipinski definition) is 0. The summed E-state index contributed by atoms with van der Waals surface area (Å²) in [5.74, 6) is 0.833. The Bertz CT molecular complexity index is 352. The Morgan fingerprint density at radius 3 is 2.29 bits per heavy atom. The van der Waals surface area contributed by atoms with Crippen LogP contribution in [0.25, 0.3) is 0 Å². The maximum atomic E-state index is 11.2. The van der Waals surface area contributed by atoms with Gasteiger partial charge in [0.05, 0.1) is 7.11 Å². The zero-order chi connectivity index (χ0) is 12.8. The summed E-state index contributed by atoms with van der Waals surface area (Å²) in [7, 11) is 1.44. The molecule has 0 saturated heterocycles. The molecule has 0 N–H and O–H groups in total. The maximum Gasteiger partial charge on any atom is 0.305 e. The van der Waals surface area contributed by atoms with Crippen molar-refractivity contribution in [1.82, 2.24) is 0 Å². The lowest BCUT2D eigenvalue weighted by Crippen LogP contribution is -2.10. The molecule has 1 unspecified atom stereocenters. The second-order valence-corrected chi connectivity index (χ2v) is 4.88. The number of ether oxygens (including phenoxy) is 1. The third-order valence-electron chi connectivity index (χ3n) is 3.20. The normalized spacial score (nSPS) is 12.5. The highest BCUT2D eigenvalue weighted by atomic mass is 16.5. The molecular formula is C15H22O2. The SMILES string of the molecule is COC(=O)CCC(c1ccc(C)cc1)C(C)C. The van der Waals surface area contributed by atoms with E-state index in [4.69, 9.17) is 4.74 Å². The zero-order valence-electron chi connectivity index (χ0n) is 11.2. The summed E-state index contributed by atoms with van der Waals surface area (Å²) >= 11 is 0. The lowest BCUT2D eigenvalue weighted by Gasteiger charge is -2.21. The zero-order valence-corrected chi connectivity index (χ0v) is 11.2. The van der Waals surface area contributed by atoms with Crippen molar-refractivity contribution in [2.24, 2.45) is 5.92 Å². The van der Waals surface area contributed by atoms with Crippen LogP contribution in [0.5, 0.6) is 0 Å². The van der Waals surface area contributed by atoms with E-state index in [1.807, 2.05) is 0 Å². The van der Waals surface area contributed by atoms with Gasteiger partial charge in [0.1, 0.15) is 0 Å². The molecule has 0 bridgehead atoms. The summed E-state index contributed by atoms with van der Waals surface area (Å²) in [6.07, 6.45) is 1.35. The molecule has 1 aromatic rings. The average Bonchev–Trinajstić information content (AvgIpc) is 2.31. The lowest BCUT2D eigenvalue weighted by atomic mass is 9.84. The molecule has 2 nitrogen and oxygen atoms in total. The standard InChI is InChI=1S/C15H22O2/c1-11(2)14(9-10-15(16)17-4)13-7-5-12(3)6-8-13/h5-8,11,14H,9-10H2,1-4H3. The fourth-order valence-electron chi connectivity index (χ4n) is 2.07. The van der Waals surface area contributed by atoms with E-state index in [-0.39, 0.29) is 5.97 Å². The number of carbonyl (C=O) groups is 1. The number of carbonyl (C=O) groups excluding carboxylic acids is 1. The highest BCUT2D eigenvalue weighted by Gasteiger charge is 2.17. The van der Waals surface area contributed by atoms with Crippen LogP contribution in [0.4, 0.5) is 0 Å². The van der Waals surface area contributed by atoms with Gasteiger partial charge in [0, 0.05) is 6.42 Å². The molecule has 94 valence electrons. The minimum absolute atomic E-state index is 0.122. The molecule has 17 heavy (non-hydrogen) atoms. The largest absolute Gasteiger partial charge is 0.469 e. The van der Waals surface area contributed by atoms with Crippen LogP contribution in [-0.2, 0) is 9.53 Å². The van der Waals surface area contributed by atoms with Crippen LogP contribution in [-0.4, -0.2) is 13.1 Å². The van der Waals surface area contributed by atoms with Crippen LogP contribution in [0.3, 0.4) is 0 Å². The fourth-order valence-corrected chi connectivity index (χ4v) is 2.07. The third kappa shape index (κ3) is 4.22. The van der Waals surface area contributed by atoms with E-state index in [1.165, 1.54) is 18.2 Å². The first-order valence-electron chi connectivity index (χ1n) is 6.18. The van der Waals surface area contributed by atoms with E-state index in [0.717, 1.165) is 6.42 Å². The van der Waals surface area contributed by atoms with Gasteiger partial charge in [0.15, 0.2) is 0 Å².